The second-order valence-electron chi connectivity index (χ2n) is 5.77. The zero-order valence-electron chi connectivity index (χ0n) is 12.9. The molecule has 0 heterocycles. The minimum absolute atomic E-state index is 0.235. The van der Waals surface area contributed by atoms with Crippen molar-refractivity contribution in [1.82, 2.24) is 5.32 Å². The third kappa shape index (κ3) is 9.86. The monoisotopic (exact) mass is 259 g/mol. The van der Waals surface area contributed by atoms with E-state index in [1.165, 1.54) is 12.8 Å². The first kappa shape index (κ1) is 17.9. The SMILES string of the molecule is CCC(CC)CNCC(O)COC(C)CC(C)C. The molecule has 2 atom stereocenters. The van der Waals surface area contributed by atoms with Crippen molar-refractivity contribution in [3.63, 3.8) is 0 Å². The highest BCUT2D eigenvalue weighted by molar-refractivity contribution is 4.64. The van der Waals surface area contributed by atoms with Gasteiger partial charge in [0.1, 0.15) is 0 Å². The summed E-state index contributed by atoms with van der Waals surface area (Å²) in [5.74, 6) is 1.36. The number of nitrogens with one attached hydrogen (secondary N) is 1. The van der Waals surface area contributed by atoms with Gasteiger partial charge in [0.2, 0.25) is 0 Å². The van der Waals surface area contributed by atoms with E-state index in [0.29, 0.717) is 19.1 Å². The quantitative estimate of drug-likeness (QED) is 0.599. The molecule has 0 aromatic heterocycles. The van der Waals surface area contributed by atoms with E-state index in [4.69, 9.17) is 4.74 Å². The van der Waals surface area contributed by atoms with Crippen LogP contribution in [0.4, 0.5) is 0 Å². The van der Waals surface area contributed by atoms with Crippen LogP contribution in [-0.4, -0.2) is 37.0 Å². The highest BCUT2D eigenvalue weighted by Gasteiger charge is 2.10. The maximum atomic E-state index is 9.80. The van der Waals surface area contributed by atoms with Crippen molar-refractivity contribution in [2.75, 3.05) is 19.7 Å². The molecule has 3 heteroatoms. The van der Waals surface area contributed by atoms with E-state index < -0.39 is 6.10 Å². The van der Waals surface area contributed by atoms with Crippen LogP contribution in [-0.2, 0) is 4.74 Å². The predicted octanol–water partition coefficient (Wildman–Crippen LogP) is 2.82. The third-order valence-electron chi connectivity index (χ3n) is 3.34. The van der Waals surface area contributed by atoms with Gasteiger partial charge < -0.3 is 15.2 Å². The Hall–Kier alpha value is -0.120. The highest BCUT2D eigenvalue weighted by Crippen LogP contribution is 2.08. The average molecular weight is 259 g/mol. The normalized spacial score (nSPS) is 15.3. The Bertz CT molecular complexity index is 181. The average Bonchev–Trinajstić information content (AvgIpc) is 2.31. The van der Waals surface area contributed by atoms with E-state index in [1.54, 1.807) is 0 Å². The second kappa shape index (κ2) is 10.8. The van der Waals surface area contributed by atoms with E-state index in [2.05, 4.69) is 39.9 Å². The van der Waals surface area contributed by atoms with Gasteiger partial charge in [0.25, 0.3) is 0 Å². The van der Waals surface area contributed by atoms with E-state index in [-0.39, 0.29) is 6.10 Å². The first-order valence-electron chi connectivity index (χ1n) is 7.49. The summed E-state index contributed by atoms with van der Waals surface area (Å²) in [6.07, 6.45) is 3.28. The number of aliphatic hydroxyl groups is 1. The standard InChI is InChI=1S/C15H33NO2/c1-6-14(7-2)9-16-10-15(17)11-18-13(5)8-12(3)4/h12-17H,6-11H2,1-5H3. The summed E-state index contributed by atoms with van der Waals surface area (Å²) < 4.78 is 5.63. The Morgan fingerprint density at radius 1 is 1.06 bits per heavy atom. The Balaban J connectivity index is 3.56. The maximum absolute atomic E-state index is 9.80. The molecule has 2 N–H and O–H groups in total. The van der Waals surface area contributed by atoms with Gasteiger partial charge in [-0.3, -0.25) is 0 Å². The van der Waals surface area contributed by atoms with Gasteiger partial charge in [-0.15, -0.1) is 0 Å². The van der Waals surface area contributed by atoms with E-state index in [1.807, 2.05) is 0 Å². The van der Waals surface area contributed by atoms with Crippen molar-refractivity contribution in [2.24, 2.45) is 11.8 Å². The summed E-state index contributed by atoms with van der Waals surface area (Å²) >= 11 is 0. The second-order valence-corrected chi connectivity index (χ2v) is 5.77. The molecular formula is C15H33NO2. The summed E-state index contributed by atoms with van der Waals surface area (Å²) in [4.78, 5) is 0. The summed E-state index contributed by atoms with van der Waals surface area (Å²) in [7, 11) is 0. The van der Waals surface area contributed by atoms with Gasteiger partial charge in [-0.05, 0) is 31.7 Å². The molecule has 2 unspecified atom stereocenters. The number of aliphatic hydroxyl groups excluding tert-OH is 1. The van der Waals surface area contributed by atoms with Crippen LogP contribution in [0.2, 0.25) is 0 Å². The van der Waals surface area contributed by atoms with Crippen LogP contribution in [0, 0.1) is 11.8 Å². The van der Waals surface area contributed by atoms with E-state index >= 15 is 0 Å². The molecule has 0 aliphatic carbocycles. The summed E-state index contributed by atoms with van der Waals surface area (Å²) in [6, 6.07) is 0. The van der Waals surface area contributed by atoms with Crippen LogP contribution < -0.4 is 5.32 Å². The smallest absolute Gasteiger partial charge is 0.0897 e. The van der Waals surface area contributed by atoms with Crippen molar-refractivity contribution in [1.29, 1.82) is 0 Å². The van der Waals surface area contributed by atoms with Crippen LogP contribution in [0.5, 0.6) is 0 Å². The minimum Gasteiger partial charge on any atom is -0.389 e. The summed E-state index contributed by atoms with van der Waals surface area (Å²) in [5.41, 5.74) is 0. The fraction of sp³-hybridized carbons (Fsp3) is 1.00. The molecule has 3 nitrogen and oxygen atoms in total. The van der Waals surface area contributed by atoms with E-state index in [9.17, 15) is 5.11 Å². The molecule has 0 amide bonds. The first-order chi connectivity index (χ1) is 8.49. The van der Waals surface area contributed by atoms with Gasteiger partial charge in [0.05, 0.1) is 18.8 Å². The summed E-state index contributed by atoms with van der Waals surface area (Å²) in [5, 5.41) is 13.1. The molecular weight excluding hydrogens is 226 g/mol. The number of ether oxygens (including phenoxy) is 1. The number of hydrogen-bond acceptors (Lipinski definition) is 3. The maximum Gasteiger partial charge on any atom is 0.0897 e. The fourth-order valence-electron chi connectivity index (χ4n) is 2.10. The van der Waals surface area contributed by atoms with Gasteiger partial charge in [-0.2, -0.15) is 0 Å². The van der Waals surface area contributed by atoms with Crippen molar-refractivity contribution in [2.45, 2.75) is 66.1 Å². The molecule has 0 aromatic carbocycles. The third-order valence-corrected chi connectivity index (χ3v) is 3.34. The van der Waals surface area contributed by atoms with Gasteiger partial charge in [0, 0.05) is 6.54 Å². The van der Waals surface area contributed by atoms with E-state index in [0.717, 1.165) is 18.9 Å². The lowest BCUT2D eigenvalue weighted by Crippen LogP contribution is -2.34. The lowest BCUT2D eigenvalue weighted by Gasteiger charge is -2.19. The topological polar surface area (TPSA) is 41.5 Å². The van der Waals surface area contributed by atoms with Crippen LogP contribution in [0.3, 0.4) is 0 Å². The molecule has 0 saturated carbocycles. The Kier molecular flexibility index (Phi) is 10.7. The van der Waals surface area contributed by atoms with Crippen molar-refractivity contribution in [3.8, 4) is 0 Å². The molecule has 0 aliphatic rings. The highest BCUT2D eigenvalue weighted by atomic mass is 16.5. The lowest BCUT2D eigenvalue weighted by atomic mass is 10.0. The molecule has 0 rings (SSSR count). The molecule has 0 saturated heterocycles. The molecule has 0 aromatic rings. The largest absolute Gasteiger partial charge is 0.389 e. The molecule has 0 radical (unpaired) electrons. The molecule has 18 heavy (non-hydrogen) atoms. The minimum atomic E-state index is -0.394. The Labute approximate surface area is 113 Å². The fourth-order valence-corrected chi connectivity index (χ4v) is 2.10. The molecule has 0 aliphatic heterocycles. The molecule has 0 fully saturated rings. The molecule has 110 valence electrons. The van der Waals surface area contributed by atoms with Crippen LogP contribution in [0.1, 0.15) is 53.9 Å². The van der Waals surface area contributed by atoms with Gasteiger partial charge in [-0.1, -0.05) is 40.5 Å². The zero-order chi connectivity index (χ0) is 14.0. The van der Waals surface area contributed by atoms with Crippen LogP contribution in [0.15, 0.2) is 0 Å². The number of hydrogen-bond donors (Lipinski definition) is 2. The van der Waals surface area contributed by atoms with Gasteiger partial charge in [-0.25, -0.2) is 0 Å². The summed E-state index contributed by atoms with van der Waals surface area (Å²) in [6.45, 7) is 12.9. The van der Waals surface area contributed by atoms with Crippen molar-refractivity contribution < 1.29 is 9.84 Å². The lowest BCUT2D eigenvalue weighted by molar-refractivity contribution is -0.00870. The van der Waals surface area contributed by atoms with Crippen molar-refractivity contribution in [3.05, 3.63) is 0 Å². The van der Waals surface area contributed by atoms with Crippen LogP contribution in [0.25, 0.3) is 0 Å². The van der Waals surface area contributed by atoms with Crippen LogP contribution >= 0.6 is 0 Å². The molecule has 0 spiro atoms. The molecule has 0 bridgehead atoms. The zero-order valence-corrected chi connectivity index (χ0v) is 12.9. The van der Waals surface area contributed by atoms with Gasteiger partial charge >= 0.3 is 0 Å². The Morgan fingerprint density at radius 2 is 1.67 bits per heavy atom. The predicted molar refractivity (Wildman–Crippen MR) is 77.8 cm³/mol. The van der Waals surface area contributed by atoms with Crippen molar-refractivity contribution >= 4 is 0 Å². The van der Waals surface area contributed by atoms with Gasteiger partial charge in [0.15, 0.2) is 0 Å². The Morgan fingerprint density at radius 3 is 2.17 bits per heavy atom. The first-order valence-corrected chi connectivity index (χ1v) is 7.49. The number of rotatable bonds is 11.